The van der Waals surface area contributed by atoms with Gasteiger partial charge in [-0.05, 0) is 12.3 Å². The van der Waals surface area contributed by atoms with Crippen molar-refractivity contribution in [2.75, 3.05) is 12.3 Å². The van der Waals surface area contributed by atoms with E-state index in [1.807, 2.05) is 18.4 Å². The fourth-order valence-corrected chi connectivity index (χ4v) is 4.26. The molecule has 0 aliphatic rings. The van der Waals surface area contributed by atoms with Crippen molar-refractivity contribution in [3.8, 4) is 0 Å². The molecule has 38 heavy (non-hydrogen) atoms. The number of nitrogens with zero attached hydrogens (tertiary/aromatic N) is 4. The molecule has 0 bridgehead atoms. The summed E-state index contributed by atoms with van der Waals surface area (Å²) < 4.78 is 13.1. The number of unbranched alkanes of at least 4 members (excludes halogenated alkanes) is 8. The highest BCUT2D eigenvalue weighted by atomic mass is 16.6. The molecule has 0 aromatic carbocycles. The monoisotopic (exact) mass is 532 g/mol. The van der Waals surface area contributed by atoms with E-state index >= 15 is 0 Å². The number of esters is 2. The zero-order valence-electron chi connectivity index (χ0n) is 23.6. The quantitative estimate of drug-likeness (QED) is 0.179. The first kappa shape index (κ1) is 31.5. The van der Waals surface area contributed by atoms with E-state index in [0.717, 1.165) is 25.7 Å². The molecule has 0 radical (unpaired) electrons. The van der Waals surface area contributed by atoms with Crippen LogP contribution in [0.5, 0.6) is 0 Å². The number of ether oxygens (including phenoxy) is 2. The predicted octanol–water partition coefficient (Wildman–Crippen LogP) is 4.94. The smallest absolute Gasteiger partial charge is 0.323 e. The van der Waals surface area contributed by atoms with Gasteiger partial charge in [-0.15, -0.1) is 0 Å². The van der Waals surface area contributed by atoms with E-state index in [-0.39, 0.29) is 24.4 Å². The minimum atomic E-state index is -0.696. The first-order chi connectivity index (χ1) is 18.3. The number of aryl methyl sites for hydroxylation is 1. The molecule has 0 fully saturated rings. The van der Waals surface area contributed by atoms with Crippen LogP contribution in [0, 0.1) is 5.92 Å². The zero-order chi connectivity index (χ0) is 27.8. The number of nitrogen functional groups attached to an aromatic ring is 1. The maximum Gasteiger partial charge on any atom is 0.323 e. The SMILES string of the molecule is CCCCCCCCCCCC(=O)OCCC(CCn1cnc2cnc(N)nc21)OC(=O)[C@@H](N)C(C)CC. The maximum atomic E-state index is 12.7. The zero-order valence-corrected chi connectivity index (χ0v) is 23.6. The van der Waals surface area contributed by atoms with Crippen LogP contribution in [-0.2, 0) is 25.6 Å². The number of imidazole rings is 1. The van der Waals surface area contributed by atoms with Crippen LogP contribution in [0.15, 0.2) is 12.5 Å². The Labute approximate surface area is 227 Å². The van der Waals surface area contributed by atoms with E-state index in [2.05, 4.69) is 21.9 Å². The summed E-state index contributed by atoms with van der Waals surface area (Å²) in [5.41, 5.74) is 13.1. The summed E-state index contributed by atoms with van der Waals surface area (Å²) >= 11 is 0. The minimum absolute atomic E-state index is 0.00888. The van der Waals surface area contributed by atoms with Gasteiger partial charge in [0.15, 0.2) is 5.65 Å². The topological polar surface area (TPSA) is 148 Å². The number of anilines is 1. The van der Waals surface area contributed by atoms with Crippen molar-refractivity contribution in [2.24, 2.45) is 11.7 Å². The number of nitrogens with two attached hydrogens (primary N) is 2. The Morgan fingerprint density at radius 2 is 1.68 bits per heavy atom. The second kappa shape index (κ2) is 17.7. The van der Waals surface area contributed by atoms with E-state index in [0.29, 0.717) is 37.0 Å². The molecule has 2 aromatic heterocycles. The minimum Gasteiger partial charge on any atom is -0.466 e. The Morgan fingerprint density at radius 3 is 2.37 bits per heavy atom. The Morgan fingerprint density at radius 1 is 1.00 bits per heavy atom. The Bertz CT molecular complexity index is 966. The second-order valence-electron chi connectivity index (χ2n) is 10.2. The summed E-state index contributed by atoms with van der Waals surface area (Å²) in [7, 11) is 0. The van der Waals surface area contributed by atoms with Crippen molar-refractivity contribution in [1.82, 2.24) is 19.5 Å². The molecule has 3 atom stereocenters. The second-order valence-corrected chi connectivity index (χ2v) is 10.2. The van der Waals surface area contributed by atoms with Crippen molar-refractivity contribution in [3.63, 3.8) is 0 Å². The molecule has 2 heterocycles. The van der Waals surface area contributed by atoms with Gasteiger partial charge >= 0.3 is 11.9 Å². The first-order valence-corrected chi connectivity index (χ1v) is 14.4. The summed E-state index contributed by atoms with van der Waals surface area (Å²) in [4.78, 5) is 37.4. The lowest BCUT2D eigenvalue weighted by Crippen LogP contribution is -2.40. The standard InChI is InChI=1S/C28H48N6O4/c1-4-6-7-8-9-10-11-12-13-14-24(35)37-18-16-22(38-27(36)25(29)21(3)5-2)15-17-34-20-32-23-19-31-28(30)33-26(23)34/h19-22,25H,4-18,29H2,1-3H3,(H2,30,31,33)/t21?,22?,25-/m0/s1. The number of carbonyl (C=O) groups is 2. The molecule has 0 amide bonds. The molecule has 10 nitrogen and oxygen atoms in total. The molecule has 4 N–H and O–H groups in total. The summed E-state index contributed by atoms with van der Waals surface area (Å²) in [5, 5.41) is 0. The fourth-order valence-electron chi connectivity index (χ4n) is 4.26. The Kier molecular flexibility index (Phi) is 14.7. The lowest BCUT2D eigenvalue weighted by Gasteiger charge is -2.23. The van der Waals surface area contributed by atoms with Gasteiger partial charge in [-0.1, -0.05) is 78.6 Å². The first-order valence-electron chi connectivity index (χ1n) is 14.4. The largest absolute Gasteiger partial charge is 0.466 e. The van der Waals surface area contributed by atoms with Gasteiger partial charge in [0.1, 0.15) is 17.7 Å². The van der Waals surface area contributed by atoms with Crippen LogP contribution in [-0.4, -0.2) is 50.2 Å². The van der Waals surface area contributed by atoms with Crippen molar-refractivity contribution >= 4 is 29.1 Å². The molecule has 214 valence electrons. The van der Waals surface area contributed by atoms with Crippen molar-refractivity contribution in [3.05, 3.63) is 12.5 Å². The van der Waals surface area contributed by atoms with Gasteiger partial charge in [-0.25, -0.2) is 9.97 Å². The van der Waals surface area contributed by atoms with E-state index in [4.69, 9.17) is 20.9 Å². The molecule has 2 unspecified atom stereocenters. The lowest BCUT2D eigenvalue weighted by molar-refractivity contribution is -0.154. The number of carbonyl (C=O) groups excluding carboxylic acids is 2. The molecule has 0 aliphatic heterocycles. The maximum absolute atomic E-state index is 12.7. The molecule has 2 rings (SSSR count). The van der Waals surface area contributed by atoms with Crippen molar-refractivity contribution < 1.29 is 19.1 Å². The van der Waals surface area contributed by atoms with E-state index < -0.39 is 18.1 Å². The van der Waals surface area contributed by atoms with Crippen LogP contribution in [0.2, 0.25) is 0 Å². The van der Waals surface area contributed by atoms with Crippen LogP contribution >= 0.6 is 0 Å². The summed E-state index contributed by atoms with van der Waals surface area (Å²) in [6.45, 7) is 6.82. The number of rotatable bonds is 20. The van der Waals surface area contributed by atoms with Crippen molar-refractivity contribution in [1.29, 1.82) is 0 Å². The van der Waals surface area contributed by atoms with Gasteiger partial charge < -0.3 is 25.5 Å². The Hall–Kier alpha value is -2.75. The fraction of sp³-hybridized carbons (Fsp3) is 0.750. The summed E-state index contributed by atoms with van der Waals surface area (Å²) in [6, 6.07) is -0.696. The van der Waals surface area contributed by atoms with Gasteiger partial charge in [0.2, 0.25) is 5.95 Å². The molecule has 0 aliphatic carbocycles. The third-order valence-corrected chi connectivity index (χ3v) is 7.07. The average Bonchev–Trinajstić information content (AvgIpc) is 3.31. The number of aromatic nitrogens is 4. The van der Waals surface area contributed by atoms with E-state index in [9.17, 15) is 9.59 Å². The molecule has 0 saturated heterocycles. The average molecular weight is 533 g/mol. The Balaban J connectivity index is 1.79. The van der Waals surface area contributed by atoms with Crippen LogP contribution in [0.1, 0.15) is 104 Å². The summed E-state index contributed by atoms with van der Waals surface area (Å²) in [5.74, 6) is -0.468. The molecule has 0 spiro atoms. The van der Waals surface area contributed by atoms with Crippen molar-refractivity contribution in [2.45, 2.75) is 123 Å². The van der Waals surface area contributed by atoms with Crippen LogP contribution in [0.25, 0.3) is 11.2 Å². The normalized spacial score (nSPS) is 13.8. The van der Waals surface area contributed by atoms with Gasteiger partial charge in [0, 0.05) is 25.8 Å². The van der Waals surface area contributed by atoms with Gasteiger partial charge in [-0.2, -0.15) is 4.98 Å². The molecule has 2 aromatic rings. The van der Waals surface area contributed by atoms with E-state index in [1.165, 1.54) is 38.5 Å². The van der Waals surface area contributed by atoms with Gasteiger partial charge in [0.05, 0.1) is 19.1 Å². The molecular formula is C28H48N6O4. The number of hydrogen-bond donors (Lipinski definition) is 2. The highest BCUT2D eigenvalue weighted by Crippen LogP contribution is 2.16. The molecular weight excluding hydrogens is 484 g/mol. The van der Waals surface area contributed by atoms with Crippen LogP contribution < -0.4 is 11.5 Å². The molecule has 0 saturated carbocycles. The lowest BCUT2D eigenvalue weighted by atomic mass is 10.0. The van der Waals surface area contributed by atoms with E-state index in [1.54, 1.807) is 12.5 Å². The summed E-state index contributed by atoms with van der Waals surface area (Å²) in [6.07, 6.45) is 15.6. The van der Waals surface area contributed by atoms with Crippen LogP contribution in [0.4, 0.5) is 5.95 Å². The number of fused-ring (bicyclic) bond motifs is 1. The predicted molar refractivity (Wildman–Crippen MR) is 149 cm³/mol. The highest BCUT2D eigenvalue weighted by Gasteiger charge is 2.25. The third-order valence-electron chi connectivity index (χ3n) is 7.07. The van der Waals surface area contributed by atoms with Gasteiger partial charge in [-0.3, -0.25) is 9.59 Å². The molecule has 10 heteroatoms. The van der Waals surface area contributed by atoms with Crippen LogP contribution in [0.3, 0.4) is 0 Å². The highest BCUT2D eigenvalue weighted by molar-refractivity contribution is 5.76. The van der Waals surface area contributed by atoms with Gasteiger partial charge in [0.25, 0.3) is 0 Å². The number of hydrogen-bond acceptors (Lipinski definition) is 9. The third kappa shape index (κ3) is 11.3.